The number of ketones is 1. The van der Waals surface area contributed by atoms with E-state index in [1.54, 1.807) is 102 Å². The minimum Gasteiger partial charge on any atom is -0.493 e. The van der Waals surface area contributed by atoms with Gasteiger partial charge in [-0.05, 0) is 90.2 Å². The van der Waals surface area contributed by atoms with E-state index in [4.69, 9.17) is 110 Å². The van der Waals surface area contributed by atoms with Crippen molar-refractivity contribution in [3.05, 3.63) is 161 Å². The van der Waals surface area contributed by atoms with Gasteiger partial charge in [-0.25, -0.2) is 18.8 Å². The van der Waals surface area contributed by atoms with Crippen LogP contribution in [-0.4, -0.2) is 95.6 Å². The number of anilines is 3. The van der Waals surface area contributed by atoms with Crippen LogP contribution in [-0.2, 0) is 32.9 Å². The van der Waals surface area contributed by atoms with Gasteiger partial charge >= 0.3 is 36.9 Å². The number of nitrogen functional groups attached to an aromatic ring is 3. The van der Waals surface area contributed by atoms with E-state index in [-0.39, 0.29) is 56.8 Å². The number of alkyl halides is 15. The number of nitrogens with zero attached hydrogens (tertiary/aromatic N) is 8. The summed E-state index contributed by atoms with van der Waals surface area (Å²) in [6.45, 7) is 1.06. The van der Waals surface area contributed by atoms with Crippen LogP contribution in [0.1, 0.15) is 36.1 Å². The Labute approximate surface area is 577 Å². The Morgan fingerprint density at radius 2 is 0.887 bits per heavy atom. The van der Waals surface area contributed by atoms with Gasteiger partial charge in [-0.1, -0.05) is 88.3 Å². The fraction of sp³-hybridized carbons (Fsp3) is 0.232. The lowest BCUT2D eigenvalue weighted by Gasteiger charge is -2.11. The van der Waals surface area contributed by atoms with Gasteiger partial charge in [0.1, 0.15) is 44.8 Å². The summed E-state index contributed by atoms with van der Waals surface area (Å²) in [5, 5.41) is 28.8. The fourth-order valence-corrected chi connectivity index (χ4v) is 8.64. The Balaban J connectivity index is 0.000000395. The molecule has 526 valence electrons. The first kappa shape index (κ1) is 84.4. The van der Waals surface area contributed by atoms with Gasteiger partial charge in [-0.3, -0.25) is 10.6 Å². The third-order valence-electron chi connectivity index (χ3n) is 10.8. The van der Waals surface area contributed by atoms with Crippen LogP contribution in [0.25, 0.3) is 17.1 Å². The average Bonchev–Trinajstić information content (AvgIpc) is 1.70. The van der Waals surface area contributed by atoms with Crippen LogP contribution >= 0.6 is 80.6 Å². The van der Waals surface area contributed by atoms with Gasteiger partial charge in [0.05, 0.1) is 84.7 Å². The summed E-state index contributed by atoms with van der Waals surface area (Å²) in [5.41, 5.74) is 12.1. The number of esters is 1. The Morgan fingerprint density at radius 3 is 1.20 bits per heavy atom. The number of hydrogen-bond acceptors (Lipinski definition) is 17. The maximum atomic E-state index is 12.7. The third-order valence-corrected chi connectivity index (χ3v) is 13.1. The van der Waals surface area contributed by atoms with E-state index in [0.717, 1.165) is 32.2 Å². The number of methoxy groups -OCH3 is 5. The number of Topliss-reactive ketones (excluding diaryl/α,β-unsaturated/α-hetero) is 1. The second kappa shape index (κ2) is 37.7. The van der Waals surface area contributed by atoms with Crippen LogP contribution in [0.15, 0.2) is 109 Å². The molecule has 0 bridgehead atoms. The summed E-state index contributed by atoms with van der Waals surface area (Å²) in [5.74, 6) is 2.65. The van der Waals surface area contributed by atoms with E-state index in [1.807, 2.05) is 0 Å². The van der Waals surface area contributed by atoms with Crippen LogP contribution in [0.4, 0.5) is 83.0 Å². The second-order valence-electron chi connectivity index (χ2n) is 17.2. The first-order valence-electron chi connectivity index (χ1n) is 25.5. The fourth-order valence-electron chi connectivity index (χ4n) is 6.73. The van der Waals surface area contributed by atoms with Crippen LogP contribution in [0.5, 0.6) is 28.7 Å². The number of para-hydroxylation sites is 5. The molecule has 0 atom stereocenters. The number of benzene rings is 5. The monoisotopic (exact) mass is 1600 g/mol. The molecule has 3 heterocycles. The second-order valence-corrected chi connectivity index (χ2v) is 20.4. The van der Waals surface area contributed by atoms with Gasteiger partial charge in [0.25, 0.3) is 0 Å². The average molecular weight is 1610 g/mol. The highest BCUT2D eigenvalue weighted by Gasteiger charge is 2.41. The number of hydrazine groups is 1. The molecule has 8 aromatic rings. The topological polar surface area (TPSA) is 281 Å². The highest BCUT2D eigenvalue weighted by Crippen LogP contribution is 2.39. The zero-order valence-electron chi connectivity index (χ0n) is 49.8. The molecule has 3 aromatic heterocycles. The number of nitrogens with two attached hydrogens (primary N) is 3. The molecule has 5 aromatic carbocycles. The van der Waals surface area contributed by atoms with Crippen LogP contribution in [0.2, 0.25) is 25.1 Å². The molecule has 0 unspecified atom stereocenters. The van der Waals surface area contributed by atoms with E-state index in [9.17, 15) is 75.4 Å². The van der Waals surface area contributed by atoms with Crippen molar-refractivity contribution < 1.29 is 104 Å². The maximum absolute atomic E-state index is 12.7. The molecular formula is C56H47Cl5F15IN12O8. The minimum absolute atomic E-state index is 0.141. The predicted molar refractivity (Wildman–Crippen MR) is 334 cm³/mol. The number of nitriles is 2. The van der Waals surface area contributed by atoms with E-state index >= 15 is 0 Å². The predicted octanol–water partition coefficient (Wildman–Crippen LogP) is 16.4. The molecule has 0 aliphatic heterocycles. The number of halogens is 21. The largest absolute Gasteiger partial charge is 0.493 e. The first-order valence-corrected chi connectivity index (χ1v) is 28.4. The number of rotatable bonds is 11. The van der Waals surface area contributed by atoms with Crippen molar-refractivity contribution in [2.75, 3.05) is 59.0 Å². The number of nitrogens with one attached hydrogen (secondary N) is 1. The van der Waals surface area contributed by atoms with Crippen molar-refractivity contribution in [1.82, 2.24) is 29.3 Å². The highest BCUT2D eigenvalue weighted by molar-refractivity contribution is 14.1. The van der Waals surface area contributed by atoms with Gasteiger partial charge < -0.3 is 45.3 Å². The summed E-state index contributed by atoms with van der Waals surface area (Å²) in [7, 11) is 7.16. The molecule has 0 aliphatic carbocycles. The molecule has 0 saturated carbocycles. The quantitative estimate of drug-likeness (QED) is 0.0234. The number of carbonyl (C=O) groups excluding carboxylic acids is 2. The van der Waals surface area contributed by atoms with Gasteiger partial charge in [-0.2, -0.15) is 91.7 Å². The van der Waals surface area contributed by atoms with Crippen molar-refractivity contribution in [3.8, 4) is 57.9 Å². The lowest BCUT2D eigenvalue weighted by atomic mass is 10.3. The summed E-state index contributed by atoms with van der Waals surface area (Å²) >= 11 is 31.0. The van der Waals surface area contributed by atoms with Gasteiger partial charge in [0, 0.05) is 18.2 Å². The molecule has 20 nitrogen and oxygen atoms in total. The van der Waals surface area contributed by atoms with Gasteiger partial charge in [0.15, 0.2) is 45.8 Å². The SMILES string of the molecule is CCOC(=O)C(F)(F)F.COc1c(Cl)cccc1-n1nc(C(F)(F)F)cc1C#N.COc1c(Cl)cccc1-n1nc(C(F)(F)F)cc1I.COc1c(Cl)cccc1-n1nc(C(F)(F)F)cc1N.COc1c(Cl)cccc1NN.COc1c(N)cccc1Cl.N#CCC(=O)C(F)(F)F. The molecule has 41 heteroatoms. The molecule has 7 N–H and O–H groups in total. The Bertz CT molecular complexity index is 3880. The van der Waals surface area contributed by atoms with Crippen molar-refractivity contribution in [2.24, 2.45) is 5.84 Å². The number of aromatic nitrogens is 6. The minimum atomic E-state index is -4.85. The van der Waals surface area contributed by atoms with E-state index < -0.39 is 66.1 Å². The van der Waals surface area contributed by atoms with E-state index in [0.29, 0.717) is 53.4 Å². The third kappa shape index (κ3) is 25.1. The molecule has 8 rings (SSSR count). The van der Waals surface area contributed by atoms with Gasteiger partial charge in [-0.15, -0.1) is 0 Å². The molecule has 0 aliphatic rings. The van der Waals surface area contributed by atoms with Crippen molar-refractivity contribution >= 4 is 110 Å². The summed E-state index contributed by atoms with van der Waals surface area (Å²) < 4.78 is 212. The van der Waals surface area contributed by atoms with Crippen LogP contribution in [0.3, 0.4) is 0 Å². The molecule has 97 heavy (non-hydrogen) atoms. The van der Waals surface area contributed by atoms with E-state index in [1.165, 1.54) is 59.6 Å². The molecule has 0 spiro atoms. The lowest BCUT2D eigenvalue weighted by molar-refractivity contribution is -0.199. The Hall–Kier alpha value is -8.66. The first-order chi connectivity index (χ1) is 45.1. The molecule has 0 saturated heterocycles. The van der Waals surface area contributed by atoms with Crippen molar-refractivity contribution in [3.63, 3.8) is 0 Å². The number of hydrogen-bond donors (Lipinski definition) is 4. The van der Waals surface area contributed by atoms with Gasteiger partial charge in [0.2, 0.25) is 5.78 Å². The molecule has 0 fully saturated rings. The zero-order valence-corrected chi connectivity index (χ0v) is 55.8. The Kier molecular flexibility index (Phi) is 32.9. The zero-order chi connectivity index (χ0) is 74.1. The van der Waals surface area contributed by atoms with Crippen LogP contribution in [0, 0.1) is 26.4 Å². The number of carbonyl (C=O) groups is 2. The van der Waals surface area contributed by atoms with Crippen molar-refractivity contribution in [2.45, 2.75) is 44.2 Å². The van der Waals surface area contributed by atoms with Crippen LogP contribution < -0.4 is 46.4 Å². The summed E-state index contributed by atoms with van der Waals surface area (Å²) in [4.78, 5) is 19.4. The lowest BCUT2D eigenvalue weighted by Crippen LogP contribution is -2.25. The molecule has 0 radical (unpaired) electrons. The smallest absolute Gasteiger partial charge is 0.490 e. The standard InChI is InChI=1S/C12H7ClF3N3O.C11H7ClF3IN2O.C11H9ClF3N3O.C7H9ClN2O.C7H8ClNO.C4H2F3NO.C4H5F3O2/c1-20-11-8(13)3-2-4-9(11)19-7(6-17)5-10(18-19)12(14,15)16;2*1-19-10-6(12)3-2-4-7(10)18-9(16)5-8(17-18)11(13,14)15;1-11-7-5(8)3-2-4-6(7)10-9;1-10-7-5(8)3-2-4-6(7)9;5-4(6,7)3(9)1-2-8;1-2-9-3(8)4(5,6)7/h2-5H,1H3;2-5H,1H3;2-5H,16H2,1H3;2-4,10H,9H2,1H3;2-4H,9H2,1H3;1H2;2H2,1H3. The Morgan fingerprint density at radius 1 is 0.526 bits per heavy atom. The molecule has 0 amide bonds. The molecular weight excluding hydrogens is 1560 g/mol. The maximum Gasteiger partial charge on any atom is 0.490 e. The number of ether oxygens (including phenoxy) is 6. The van der Waals surface area contributed by atoms with Crippen molar-refractivity contribution in [1.29, 1.82) is 10.5 Å². The van der Waals surface area contributed by atoms with E-state index in [2.05, 4.69) is 25.5 Å². The highest BCUT2D eigenvalue weighted by atomic mass is 127. The summed E-state index contributed by atoms with van der Waals surface area (Å²) in [6, 6.07) is 29.6. The summed E-state index contributed by atoms with van der Waals surface area (Å²) in [6.07, 6.45) is -24.5. The normalized spacial score (nSPS) is 10.9.